The van der Waals surface area contributed by atoms with Gasteiger partial charge < -0.3 is 19.5 Å². The first-order valence-electron chi connectivity index (χ1n) is 10.7. The molecule has 0 atom stereocenters. The number of fused-ring (bicyclic) bond motifs is 1. The molecule has 2 saturated heterocycles. The summed E-state index contributed by atoms with van der Waals surface area (Å²) >= 11 is 0. The second-order valence-corrected chi connectivity index (χ2v) is 8.26. The normalized spacial score (nSPS) is 19.9. The molecule has 1 aromatic carbocycles. The van der Waals surface area contributed by atoms with Gasteiger partial charge in [-0.05, 0) is 49.1 Å². The number of likely N-dealkylation sites (tertiary alicyclic amines) is 1. The summed E-state index contributed by atoms with van der Waals surface area (Å²) in [7, 11) is 1.65. The second kappa shape index (κ2) is 9.04. The van der Waals surface area contributed by atoms with Gasteiger partial charge in [0.15, 0.2) is 0 Å². The van der Waals surface area contributed by atoms with Crippen LogP contribution < -0.4 is 10.1 Å². The summed E-state index contributed by atoms with van der Waals surface area (Å²) in [6, 6.07) is 3.92. The van der Waals surface area contributed by atoms with E-state index in [9.17, 15) is 9.59 Å². The molecule has 2 fully saturated rings. The quantitative estimate of drug-likeness (QED) is 0.787. The van der Waals surface area contributed by atoms with E-state index < -0.39 is 5.97 Å². The molecule has 0 saturated carbocycles. The van der Waals surface area contributed by atoms with Crippen molar-refractivity contribution in [2.45, 2.75) is 44.4 Å². The maximum Gasteiger partial charge on any atom is 0.322 e. The molecule has 0 aromatic heterocycles. The number of nitrogens with one attached hydrogen (secondary N) is 1. The zero-order chi connectivity index (χ0) is 21.1. The van der Waals surface area contributed by atoms with Crippen LogP contribution in [0.4, 0.5) is 10.5 Å². The number of hydrogen-bond donors (Lipinski definition) is 2. The molecule has 4 rings (SSSR count). The van der Waals surface area contributed by atoms with Crippen molar-refractivity contribution in [3.63, 3.8) is 0 Å². The van der Waals surface area contributed by atoms with Crippen molar-refractivity contribution in [1.82, 2.24) is 10.2 Å². The molecule has 8 heteroatoms. The van der Waals surface area contributed by atoms with Crippen LogP contribution in [0.15, 0.2) is 17.1 Å². The Kier molecular flexibility index (Phi) is 6.22. The number of amidine groups is 1. The smallest absolute Gasteiger partial charge is 0.322 e. The van der Waals surface area contributed by atoms with Crippen LogP contribution in [0.2, 0.25) is 0 Å². The molecule has 2 amide bonds. The average Bonchev–Trinajstić information content (AvgIpc) is 3.17. The summed E-state index contributed by atoms with van der Waals surface area (Å²) in [5.74, 6) is 1.21. The van der Waals surface area contributed by atoms with Crippen molar-refractivity contribution in [2.75, 3.05) is 33.4 Å². The van der Waals surface area contributed by atoms with Gasteiger partial charge in [0.25, 0.3) is 0 Å². The fourth-order valence-corrected chi connectivity index (χ4v) is 4.67. The van der Waals surface area contributed by atoms with Gasteiger partial charge >= 0.3 is 12.0 Å². The molecule has 0 unspecified atom stereocenters. The maximum absolute atomic E-state index is 12.7. The minimum atomic E-state index is -0.773. The highest BCUT2D eigenvalue weighted by Crippen LogP contribution is 2.42. The van der Waals surface area contributed by atoms with Crippen LogP contribution >= 0.6 is 0 Å². The molecule has 30 heavy (non-hydrogen) atoms. The van der Waals surface area contributed by atoms with Crippen LogP contribution in [0.1, 0.15) is 49.1 Å². The highest BCUT2D eigenvalue weighted by molar-refractivity contribution is 6.03. The number of carbonyl (C=O) groups excluding carboxylic acids is 1. The third-order valence-corrected chi connectivity index (χ3v) is 6.36. The molecule has 3 aliphatic rings. The Balaban J connectivity index is 1.43. The van der Waals surface area contributed by atoms with Crippen molar-refractivity contribution in [2.24, 2.45) is 10.9 Å². The Morgan fingerprint density at radius 1 is 1.23 bits per heavy atom. The van der Waals surface area contributed by atoms with E-state index in [-0.39, 0.29) is 18.4 Å². The van der Waals surface area contributed by atoms with Crippen molar-refractivity contribution in [3.8, 4) is 5.75 Å². The van der Waals surface area contributed by atoms with E-state index in [1.54, 1.807) is 12.0 Å². The number of ether oxygens (including phenoxy) is 2. The number of benzene rings is 1. The van der Waals surface area contributed by atoms with E-state index in [2.05, 4.69) is 11.4 Å². The summed E-state index contributed by atoms with van der Waals surface area (Å²) in [4.78, 5) is 30.2. The number of aliphatic carboxylic acids is 1. The van der Waals surface area contributed by atoms with Crippen LogP contribution in [0.5, 0.6) is 5.75 Å². The van der Waals surface area contributed by atoms with Crippen molar-refractivity contribution in [3.05, 3.63) is 23.3 Å². The molecule has 0 aliphatic carbocycles. The summed E-state index contributed by atoms with van der Waals surface area (Å²) in [5, 5.41) is 11.9. The predicted octanol–water partition coefficient (Wildman–Crippen LogP) is 3.07. The van der Waals surface area contributed by atoms with Gasteiger partial charge in [-0.2, -0.15) is 0 Å². The average molecular weight is 415 g/mol. The SMILES string of the molecule is COc1ccc(C2CCOCC2)c2c1CC(NC(=O)N1CCC(CC(=O)O)CC1)=N2. The summed E-state index contributed by atoms with van der Waals surface area (Å²) in [6.07, 6.45) is 4.09. The fourth-order valence-electron chi connectivity index (χ4n) is 4.67. The van der Waals surface area contributed by atoms with Crippen molar-refractivity contribution < 1.29 is 24.2 Å². The Bertz CT molecular complexity index is 839. The summed E-state index contributed by atoms with van der Waals surface area (Å²) in [5.41, 5.74) is 3.15. The number of carboxylic acids is 1. The van der Waals surface area contributed by atoms with Gasteiger partial charge in [-0.15, -0.1) is 0 Å². The van der Waals surface area contributed by atoms with Crippen LogP contribution in [0.25, 0.3) is 0 Å². The first-order valence-corrected chi connectivity index (χ1v) is 10.7. The molecule has 162 valence electrons. The lowest BCUT2D eigenvalue weighted by atomic mass is 9.89. The predicted molar refractivity (Wildman–Crippen MR) is 112 cm³/mol. The first-order chi connectivity index (χ1) is 14.5. The second-order valence-electron chi connectivity index (χ2n) is 8.26. The van der Waals surface area contributed by atoms with Crippen molar-refractivity contribution in [1.29, 1.82) is 0 Å². The molecule has 3 heterocycles. The Morgan fingerprint density at radius 3 is 2.63 bits per heavy atom. The van der Waals surface area contributed by atoms with Crippen molar-refractivity contribution >= 4 is 23.5 Å². The number of hydrogen-bond acceptors (Lipinski definition) is 5. The van der Waals surface area contributed by atoms with Crippen LogP contribution in [0, 0.1) is 5.92 Å². The van der Waals surface area contributed by atoms with Gasteiger partial charge in [0.05, 0.1) is 12.8 Å². The number of amides is 2. The summed E-state index contributed by atoms with van der Waals surface area (Å²) in [6.45, 7) is 2.66. The number of piperidine rings is 1. The number of nitrogens with zero attached hydrogens (tertiary/aromatic N) is 2. The number of carboxylic acid groups (broad SMARTS) is 1. The van der Waals surface area contributed by atoms with E-state index in [4.69, 9.17) is 19.6 Å². The maximum atomic E-state index is 12.7. The van der Waals surface area contributed by atoms with Crippen LogP contribution in [-0.2, 0) is 16.0 Å². The number of methoxy groups -OCH3 is 1. The van der Waals surface area contributed by atoms with E-state index in [0.29, 0.717) is 44.1 Å². The third kappa shape index (κ3) is 4.43. The lowest BCUT2D eigenvalue weighted by molar-refractivity contribution is -0.138. The monoisotopic (exact) mass is 415 g/mol. The molecule has 0 radical (unpaired) electrons. The minimum absolute atomic E-state index is 0.144. The molecular formula is C22H29N3O5. The Hall–Kier alpha value is -2.61. The van der Waals surface area contributed by atoms with Gasteiger partial charge in [0, 0.05) is 44.7 Å². The van der Waals surface area contributed by atoms with Gasteiger partial charge in [0.2, 0.25) is 0 Å². The Morgan fingerprint density at radius 2 is 1.97 bits per heavy atom. The number of carbonyl (C=O) groups is 2. The van der Waals surface area contributed by atoms with E-state index >= 15 is 0 Å². The molecule has 8 nitrogen and oxygen atoms in total. The number of aliphatic imine (C=N–C) groups is 1. The standard InChI is InChI=1S/C22H29N3O5/c1-29-18-3-2-16(15-6-10-30-11-7-15)21-17(18)13-19(23-21)24-22(28)25-8-4-14(5-9-25)12-20(26)27/h2-3,14-15H,4-13H2,1H3,(H,26,27)(H,23,24,28). The van der Waals surface area contributed by atoms with Crippen LogP contribution in [-0.4, -0.2) is 61.3 Å². The highest BCUT2D eigenvalue weighted by atomic mass is 16.5. The molecule has 0 spiro atoms. The van der Waals surface area contributed by atoms with E-state index in [0.717, 1.165) is 43.1 Å². The topological polar surface area (TPSA) is 100 Å². The third-order valence-electron chi connectivity index (χ3n) is 6.36. The Labute approximate surface area is 176 Å². The largest absolute Gasteiger partial charge is 0.496 e. The van der Waals surface area contributed by atoms with Gasteiger partial charge in [0.1, 0.15) is 11.6 Å². The molecule has 1 aromatic rings. The number of urea groups is 1. The minimum Gasteiger partial charge on any atom is -0.496 e. The van der Waals surface area contributed by atoms with Gasteiger partial charge in [-0.1, -0.05) is 6.07 Å². The van der Waals surface area contributed by atoms with Gasteiger partial charge in [-0.25, -0.2) is 9.79 Å². The van der Waals surface area contributed by atoms with E-state index in [1.165, 1.54) is 5.56 Å². The molecule has 0 bridgehead atoms. The summed E-state index contributed by atoms with van der Waals surface area (Å²) < 4.78 is 11.0. The fraction of sp³-hybridized carbons (Fsp3) is 0.591. The van der Waals surface area contributed by atoms with Gasteiger partial charge in [-0.3, -0.25) is 10.1 Å². The van der Waals surface area contributed by atoms with Crippen LogP contribution in [0.3, 0.4) is 0 Å². The first kappa shape index (κ1) is 20.7. The number of rotatable bonds is 4. The lowest BCUT2D eigenvalue weighted by Gasteiger charge is -2.31. The molecule has 3 aliphatic heterocycles. The highest BCUT2D eigenvalue weighted by Gasteiger charge is 2.29. The zero-order valence-corrected chi connectivity index (χ0v) is 17.4. The molecular weight excluding hydrogens is 386 g/mol. The zero-order valence-electron chi connectivity index (χ0n) is 17.4. The molecule has 2 N–H and O–H groups in total. The van der Waals surface area contributed by atoms with E-state index in [1.807, 2.05) is 6.07 Å². The lowest BCUT2D eigenvalue weighted by Crippen LogP contribution is -2.46.